The summed E-state index contributed by atoms with van der Waals surface area (Å²) < 4.78 is 12.3. The van der Waals surface area contributed by atoms with Crippen LogP contribution in [0.1, 0.15) is 24.9 Å². The molecule has 0 bridgehead atoms. The lowest BCUT2D eigenvalue weighted by Gasteiger charge is -2.40. The van der Waals surface area contributed by atoms with Crippen molar-refractivity contribution in [2.24, 2.45) is 11.8 Å². The highest BCUT2D eigenvalue weighted by Crippen LogP contribution is 2.58. The van der Waals surface area contributed by atoms with Gasteiger partial charge in [-0.3, -0.25) is 14.4 Å². The van der Waals surface area contributed by atoms with Crippen LogP contribution in [0.3, 0.4) is 0 Å². The molecule has 9 heteroatoms. The second-order valence-electron chi connectivity index (χ2n) is 10.5. The molecule has 2 aromatic rings. The van der Waals surface area contributed by atoms with Crippen molar-refractivity contribution in [3.8, 4) is 0 Å². The molecule has 2 saturated heterocycles. The summed E-state index contributed by atoms with van der Waals surface area (Å²) in [6, 6.07) is 14.0. The van der Waals surface area contributed by atoms with Crippen molar-refractivity contribution in [2.45, 2.75) is 36.6 Å². The van der Waals surface area contributed by atoms with Gasteiger partial charge in [-0.25, -0.2) is 0 Å². The third-order valence-electron chi connectivity index (χ3n) is 8.29. The zero-order valence-electron chi connectivity index (χ0n) is 21.4. The lowest BCUT2D eigenvalue weighted by Crippen LogP contribution is -2.57. The number of anilines is 1. The fraction of sp³-hybridized carbons (Fsp3) is 0.367. The van der Waals surface area contributed by atoms with E-state index in [2.05, 4.69) is 0 Å². The number of ether oxygens (including phenoxy) is 2. The Kier molecular flexibility index (Phi) is 6.37. The molecule has 1 spiro atoms. The summed E-state index contributed by atoms with van der Waals surface area (Å²) in [5.74, 6) is -3.33. The number of amides is 2. The van der Waals surface area contributed by atoms with Gasteiger partial charge < -0.3 is 24.4 Å². The van der Waals surface area contributed by atoms with E-state index in [0.717, 1.165) is 0 Å². The number of carbonyl (C=O) groups is 3. The van der Waals surface area contributed by atoms with Gasteiger partial charge >= 0.3 is 5.97 Å². The number of nitrogens with zero attached hydrogens (tertiary/aromatic N) is 2. The van der Waals surface area contributed by atoms with Gasteiger partial charge in [0.15, 0.2) is 0 Å². The van der Waals surface area contributed by atoms with Crippen LogP contribution in [0.5, 0.6) is 0 Å². The molecule has 4 aliphatic rings. The van der Waals surface area contributed by atoms with Crippen LogP contribution in [-0.2, 0) is 23.9 Å². The van der Waals surface area contributed by atoms with Crippen LogP contribution in [0.25, 0.3) is 0 Å². The van der Waals surface area contributed by atoms with Crippen molar-refractivity contribution in [1.29, 1.82) is 0 Å². The number of aliphatic hydroxyl groups is 1. The number of fused-ring (bicyclic) bond motifs is 2. The van der Waals surface area contributed by atoms with Crippen molar-refractivity contribution in [2.75, 3.05) is 24.7 Å². The molecule has 2 fully saturated rings. The average Bonchev–Trinajstić information content (AvgIpc) is 3.24. The summed E-state index contributed by atoms with van der Waals surface area (Å²) in [7, 11) is 0. The van der Waals surface area contributed by atoms with E-state index in [1.54, 1.807) is 54.3 Å². The SMILES string of the molecule is C[C@]12C=CCCOC(=O)[C@H]1[C@H]1C(=O)N([C@H](CO)c3ccccc3)C3C(=O)N(c4ccc(Cl)cc4)CC=C[C@@]31O2. The maximum Gasteiger partial charge on any atom is 0.313 e. The van der Waals surface area contributed by atoms with Crippen LogP contribution < -0.4 is 4.90 Å². The molecule has 0 aromatic heterocycles. The van der Waals surface area contributed by atoms with E-state index in [4.69, 9.17) is 21.1 Å². The maximum atomic E-state index is 14.5. The van der Waals surface area contributed by atoms with E-state index in [-0.39, 0.29) is 19.1 Å². The molecule has 6 rings (SSSR count). The summed E-state index contributed by atoms with van der Waals surface area (Å²) in [5.41, 5.74) is -1.34. The molecule has 39 heavy (non-hydrogen) atoms. The van der Waals surface area contributed by atoms with Crippen LogP contribution in [0.4, 0.5) is 5.69 Å². The van der Waals surface area contributed by atoms with Crippen molar-refractivity contribution in [3.05, 3.63) is 89.5 Å². The number of hydrogen-bond acceptors (Lipinski definition) is 6. The van der Waals surface area contributed by atoms with Crippen LogP contribution in [0.2, 0.25) is 5.02 Å². The van der Waals surface area contributed by atoms with Gasteiger partial charge in [-0.2, -0.15) is 0 Å². The summed E-state index contributed by atoms with van der Waals surface area (Å²) in [5, 5.41) is 11.1. The van der Waals surface area contributed by atoms with Gasteiger partial charge in [0.2, 0.25) is 5.91 Å². The first kappa shape index (κ1) is 25.8. The first-order chi connectivity index (χ1) is 18.8. The van der Waals surface area contributed by atoms with E-state index in [1.165, 1.54) is 4.90 Å². The number of hydrogen-bond donors (Lipinski definition) is 1. The fourth-order valence-corrected chi connectivity index (χ4v) is 6.77. The second-order valence-corrected chi connectivity index (χ2v) is 11.0. The van der Waals surface area contributed by atoms with Gasteiger partial charge in [0.25, 0.3) is 5.91 Å². The number of cyclic esters (lactones) is 1. The lowest BCUT2D eigenvalue weighted by molar-refractivity contribution is -0.160. The van der Waals surface area contributed by atoms with Crippen molar-refractivity contribution in [1.82, 2.24) is 4.90 Å². The molecule has 8 nitrogen and oxygen atoms in total. The van der Waals surface area contributed by atoms with Gasteiger partial charge in [0.05, 0.1) is 30.8 Å². The number of halogens is 1. The molecule has 4 aliphatic heterocycles. The molecule has 2 aromatic carbocycles. The Labute approximate surface area is 231 Å². The molecule has 2 amide bonds. The molecule has 4 heterocycles. The monoisotopic (exact) mass is 548 g/mol. The Balaban J connectivity index is 1.54. The summed E-state index contributed by atoms with van der Waals surface area (Å²) in [4.78, 5) is 45.5. The van der Waals surface area contributed by atoms with Crippen LogP contribution >= 0.6 is 11.6 Å². The Morgan fingerprint density at radius 1 is 1.00 bits per heavy atom. The van der Waals surface area contributed by atoms with Crippen molar-refractivity contribution >= 4 is 35.1 Å². The lowest BCUT2D eigenvalue weighted by atomic mass is 9.74. The summed E-state index contributed by atoms with van der Waals surface area (Å²) in [6.07, 6.45) is 7.81. The largest absolute Gasteiger partial charge is 0.465 e. The Hall–Kier alpha value is -3.46. The highest BCUT2D eigenvalue weighted by Gasteiger charge is 2.75. The molecular weight excluding hydrogens is 520 g/mol. The molecular formula is C30H29ClN2O6. The standard InChI is InChI=1S/C30H29ClN2O6/c1-29-14-5-6-17-38-28(37)24(29)23-26(35)33(22(18-34)19-8-3-2-4-9-19)25-27(36)32(16-7-15-30(23,25)39-29)21-12-10-20(31)11-13-21/h2-5,7-15,22-25,34H,6,16-18H2,1H3/t22-,23+,24-,25?,29+,30+/m1/s1. The van der Waals surface area contributed by atoms with Gasteiger partial charge in [0, 0.05) is 17.3 Å². The van der Waals surface area contributed by atoms with E-state index in [9.17, 15) is 19.5 Å². The highest BCUT2D eigenvalue weighted by atomic mass is 35.5. The summed E-state index contributed by atoms with van der Waals surface area (Å²) in [6.45, 7) is 1.78. The topological polar surface area (TPSA) is 96.4 Å². The van der Waals surface area contributed by atoms with E-state index >= 15 is 0 Å². The Morgan fingerprint density at radius 2 is 1.74 bits per heavy atom. The minimum atomic E-state index is -1.45. The second kappa shape index (κ2) is 9.62. The number of carbonyl (C=O) groups excluding carboxylic acids is 3. The number of likely N-dealkylation sites (tertiary alicyclic amines) is 1. The molecule has 1 unspecified atom stereocenters. The minimum absolute atomic E-state index is 0.200. The molecule has 1 N–H and O–H groups in total. The number of benzene rings is 2. The average molecular weight is 549 g/mol. The Morgan fingerprint density at radius 3 is 2.46 bits per heavy atom. The van der Waals surface area contributed by atoms with E-state index < -0.39 is 53.6 Å². The quantitative estimate of drug-likeness (QED) is 0.464. The molecule has 0 radical (unpaired) electrons. The third-order valence-corrected chi connectivity index (χ3v) is 8.54. The molecule has 0 saturated carbocycles. The van der Waals surface area contributed by atoms with Crippen molar-refractivity contribution in [3.63, 3.8) is 0 Å². The minimum Gasteiger partial charge on any atom is -0.465 e. The van der Waals surface area contributed by atoms with Gasteiger partial charge in [-0.15, -0.1) is 0 Å². The first-order valence-corrected chi connectivity index (χ1v) is 13.5. The maximum absolute atomic E-state index is 14.5. The normalized spacial score (nSPS) is 32.6. The predicted molar refractivity (Wildman–Crippen MR) is 144 cm³/mol. The van der Waals surface area contributed by atoms with Gasteiger partial charge in [-0.1, -0.05) is 66.2 Å². The smallest absolute Gasteiger partial charge is 0.313 e. The van der Waals surface area contributed by atoms with Gasteiger partial charge in [0.1, 0.15) is 17.6 Å². The fourth-order valence-electron chi connectivity index (χ4n) is 6.65. The number of esters is 1. The highest BCUT2D eigenvalue weighted by molar-refractivity contribution is 6.30. The zero-order chi connectivity index (χ0) is 27.4. The third kappa shape index (κ3) is 3.92. The molecule has 6 atom stereocenters. The van der Waals surface area contributed by atoms with Crippen LogP contribution in [-0.4, -0.2) is 64.8 Å². The molecule has 202 valence electrons. The Bertz CT molecular complexity index is 1360. The van der Waals surface area contributed by atoms with Crippen LogP contribution in [0, 0.1) is 11.8 Å². The molecule has 0 aliphatic carbocycles. The summed E-state index contributed by atoms with van der Waals surface area (Å²) >= 11 is 6.11. The predicted octanol–water partition coefficient (Wildman–Crippen LogP) is 3.45. The number of rotatable bonds is 4. The first-order valence-electron chi connectivity index (χ1n) is 13.1. The van der Waals surface area contributed by atoms with E-state index in [0.29, 0.717) is 22.7 Å². The van der Waals surface area contributed by atoms with Gasteiger partial charge in [-0.05, 0) is 43.2 Å². The van der Waals surface area contributed by atoms with E-state index in [1.807, 2.05) is 36.4 Å². The zero-order valence-corrected chi connectivity index (χ0v) is 22.2. The van der Waals surface area contributed by atoms with Crippen molar-refractivity contribution < 1.29 is 29.0 Å². The number of aliphatic hydroxyl groups excluding tert-OH is 1. The van der Waals surface area contributed by atoms with Crippen LogP contribution in [0.15, 0.2) is 78.9 Å².